The highest BCUT2D eigenvalue weighted by molar-refractivity contribution is 5.51. The first-order chi connectivity index (χ1) is 9.12. The molecule has 4 heteroatoms. The van der Waals surface area contributed by atoms with Crippen LogP contribution in [0.2, 0.25) is 0 Å². The number of furan rings is 1. The molecule has 102 valence electrons. The Labute approximate surface area is 114 Å². The minimum atomic E-state index is 0.565. The third-order valence-corrected chi connectivity index (χ3v) is 2.88. The molecule has 0 radical (unpaired) electrons. The molecular weight excluding hydrogens is 238 g/mol. The Bertz CT molecular complexity index is 546. The van der Waals surface area contributed by atoms with Gasteiger partial charge in [-0.25, -0.2) is 9.97 Å². The second-order valence-electron chi connectivity index (χ2n) is 5.04. The lowest BCUT2D eigenvalue weighted by Crippen LogP contribution is -2.03. The lowest BCUT2D eigenvalue weighted by atomic mass is 10.1. The van der Waals surface area contributed by atoms with E-state index in [0.717, 1.165) is 35.9 Å². The lowest BCUT2D eigenvalue weighted by molar-refractivity contribution is 0.525. The molecule has 0 saturated carbocycles. The number of nitrogens with one attached hydrogen (secondary N) is 1. The molecular formula is C15H21N3O. The highest BCUT2D eigenvalue weighted by Crippen LogP contribution is 2.22. The average molecular weight is 259 g/mol. The van der Waals surface area contributed by atoms with Crippen LogP contribution in [0.4, 0.5) is 5.82 Å². The van der Waals surface area contributed by atoms with Gasteiger partial charge in [0.05, 0.1) is 0 Å². The Kier molecular flexibility index (Phi) is 4.20. The Morgan fingerprint density at radius 3 is 2.63 bits per heavy atom. The van der Waals surface area contributed by atoms with Gasteiger partial charge in [0.1, 0.15) is 11.6 Å². The zero-order chi connectivity index (χ0) is 13.8. The van der Waals surface area contributed by atoms with Crippen molar-refractivity contribution in [1.29, 1.82) is 0 Å². The van der Waals surface area contributed by atoms with E-state index in [2.05, 4.69) is 36.1 Å². The maximum absolute atomic E-state index is 5.73. The van der Waals surface area contributed by atoms with Crippen molar-refractivity contribution in [1.82, 2.24) is 9.97 Å². The minimum absolute atomic E-state index is 0.565. The Hall–Kier alpha value is -1.84. The van der Waals surface area contributed by atoms with Gasteiger partial charge in [-0.15, -0.1) is 0 Å². The van der Waals surface area contributed by atoms with E-state index >= 15 is 0 Å². The van der Waals surface area contributed by atoms with Crippen molar-refractivity contribution in [2.45, 2.75) is 33.6 Å². The van der Waals surface area contributed by atoms with Crippen LogP contribution in [0.5, 0.6) is 0 Å². The third-order valence-electron chi connectivity index (χ3n) is 2.88. The molecule has 0 amide bonds. The maximum atomic E-state index is 5.73. The third kappa shape index (κ3) is 3.34. The summed E-state index contributed by atoms with van der Waals surface area (Å²) in [5, 5.41) is 3.08. The smallest absolute Gasteiger partial charge is 0.197 e. The molecule has 19 heavy (non-hydrogen) atoms. The van der Waals surface area contributed by atoms with E-state index in [1.165, 1.54) is 0 Å². The van der Waals surface area contributed by atoms with Crippen molar-refractivity contribution < 1.29 is 4.42 Å². The highest BCUT2D eigenvalue weighted by atomic mass is 16.3. The van der Waals surface area contributed by atoms with E-state index in [0.29, 0.717) is 11.7 Å². The molecule has 1 N–H and O–H groups in total. The SMILES string of the molecule is CCc1ccc(-c2nc(CC(C)C)cc(NC)n2)o1. The quantitative estimate of drug-likeness (QED) is 0.892. The zero-order valence-electron chi connectivity index (χ0n) is 12.0. The van der Waals surface area contributed by atoms with Crippen LogP contribution in [0.25, 0.3) is 11.6 Å². The van der Waals surface area contributed by atoms with Gasteiger partial charge in [0.15, 0.2) is 11.6 Å². The monoisotopic (exact) mass is 259 g/mol. The number of hydrogen-bond acceptors (Lipinski definition) is 4. The van der Waals surface area contributed by atoms with Gasteiger partial charge in [-0.2, -0.15) is 0 Å². The van der Waals surface area contributed by atoms with Crippen molar-refractivity contribution in [2.24, 2.45) is 5.92 Å². The summed E-state index contributed by atoms with van der Waals surface area (Å²) in [5.41, 5.74) is 1.04. The largest absolute Gasteiger partial charge is 0.458 e. The average Bonchev–Trinajstić information content (AvgIpc) is 2.86. The standard InChI is InChI=1S/C15H21N3O/c1-5-12-6-7-13(19-12)15-17-11(8-10(2)3)9-14(16-4)18-15/h6-7,9-10H,5,8H2,1-4H3,(H,16,17,18). The first kappa shape index (κ1) is 13.6. The Balaban J connectivity index is 2.38. The predicted octanol–water partition coefficient (Wildman–Crippen LogP) is 3.54. The molecule has 2 rings (SSSR count). The number of nitrogens with zero attached hydrogens (tertiary/aromatic N) is 2. The number of aromatic nitrogens is 2. The topological polar surface area (TPSA) is 51.0 Å². The molecule has 4 nitrogen and oxygen atoms in total. The summed E-state index contributed by atoms with van der Waals surface area (Å²) in [6.07, 6.45) is 1.82. The zero-order valence-corrected chi connectivity index (χ0v) is 12.0. The van der Waals surface area contributed by atoms with Crippen molar-refractivity contribution >= 4 is 5.82 Å². The predicted molar refractivity (Wildman–Crippen MR) is 77.2 cm³/mol. The van der Waals surface area contributed by atoms with E-state index in [1.807, 2.05) is 25.2 Å². The van der Waals surface area contributed by atoms with Crippen LogP contribution in [-0.2, 0) is 12.8 Å². The summed E-state index contributed by atoms with van der Waals surface area (Å²) < 4.78 is 5.73. The number of rotatable bonds is 5. The fourth-order valence-electron chi connectivity index (χ4n) is 1.95. The normalized spacial score (nSPS) is 11.0. The highest BCUT2D eigenvalue weighted by Gasteiger charge is 2.11. The van der Waals surface area contributed by atoms with Gasteiger partial charge in [-0.1, -0.05) is 20.8 Å². The summed E-state index contributed by atoms with van der Waals surface area (Å²) in [6.45, 7) is 6.43. The van der Waals surface area contributed by atoms with Gasteiger partial charge >= 0.3 is 0 Å². The number of aryl methyl sites for hydroxylation is 1. The summed E-state index contributed by atoms with van der Waals surface area (Å²) in [5.74, 6) is 3.74. The molecule has 0 aliphatic heterocycles. The van der Waals surface area contributed by atoms with Crippen LogP contribution in [-0.4, -0.2) is 17.0 Å². The van der Waals surface area contributed by atoms with Crippen molar-refractivity contribution in [3.05, 3.63) is 29.7 Å². The Morgan fingerprint density at radius 1 is 1.26 bits per heavy atom. The van der Waals surface area contributed by atoms with E-state index in [4.69, 9.17) is 4.42 Å². The molecule has 0 aliphatic rings. The molecule has 0 aromatic carbocycles. The lowest BCUT2D eigenvalue weighted by Gasteiger charge is -2.08. The van der Waals surface area contributed by atoms with Crippen LogP contribution < -0.4 is 5.32 Å². The van der Waals surface area contributed by atoms with Crippen LogP contribution in [0.3, 0.4) is 0 Å². The molecule has 2 heterocycles. The van der Waals surface area contributed by atoms with Crippen molar-refractivity contribution in [3.63, 3.8) is 0 Å². The van der Waals surface area contributed by atoms with Gasteiger partial charge in [-0.3, -0.25) is 0 Å². The second kappa shape index (κ2) is 5.87. The molecule has 0 fully saturated rings. The fourth-order valence-corrected chi connectivity index (χ4v) is 1.95. The van der Waals surface area contributed by atoms with Crippen molar-refractivity contribution in [2.75, 3.05) is 12.4 Å². The first-order valence-electron chi connectivity index (χ1n) is 6.77. The molecule has 0 bridgehead atoms. The molecule has 0 saturated heterocycles. The summed E-state index contributed by atoms with van der Waals surface area (Å²) in [7, 11) is 1.87. The van der Waals surface area contributed by atoms with E-state index in [9.17, 15) is 0 Å². The first-order valence-corrected chi connectivity index (χ1v) is 6.77. The van der Waals surface area contributed by atoms with E-state index in [-0.39, 0.29) is 0 Å². The summed E-state index contributed by atoms with van der Waals surface area (Å²) in [4.78, 5) is 9.06. The van der Waals surface area contributed by atoms with Gasteiger partial charge in [0.25, 0.3) is 0 Å². The number of hydrogen-bond donors (Lipinski definition) is 1. The van der Waals surface area contributed by atoms with Gasteiger partial charge in [-0.05, 0) is 24.5 Å². The van der Waals surface area contributed by atoms with Gasteiger partial charge in [0, 0.05) is 25.2 Å². The number of anilines is 1. The molecule has 0 unspecified atom stereocenters. The fraction of sp³-hybridized carbons (Fsp3) is 0.467. The van der Waals surface area contributed by atoms with E-state index < -0.39 is 0 Å². The van der Waals surface area contributed by atoms with Crippen molar-refractivity contribution in [3.8, 4) is 11.6 Å². The molecule has 2 aromatic heterocycles. The molecule has 0 atom stereocenters. The van der Waals surface area contributed by atoms with Crippen LogP contribution >= 0.6 is 0 Å². The second-order valence-corrected chi connectivity index (χ2v) is 5.04. The van der Waals surface area contributed by atoms with Gasteiger partial charge in [0.2, 0.25) is 0 Å². The minimum Gasteiger partial charge on any atom is -0.458 e. The van der Waals surface area contributed by atoms with Crippen LogP contribution in [0.15, 0.2) is 22.6 Å². The Morgan fingerprint density at radius 2 is 2.05 bits per heavy atom. The maximum Gasteiger partial charge on any atom is 0.197 e. The molecule has 0 aliphatic carbocycles. The molecule has 0 spiro atoms. The van der Waals surface area contributed by atoms with E-state index in [1.54, 1.807) is 0 Å². The summed E-state index contributed by atoms with van der Waals surface area (Å²) in [6, 6.07) is 5.91. The molecule has 2 aromatic rings. The van der Waals surface area contributed by atoms with Gasteiger partial charge < -0.3 is 9.73 Å². The summed E-state index contributed by atoms with van der Waals surface area (Å²) >= 11 is 0. The van der Waals surface area contributed by atoms with Crippen LogP contribution in [0.1, 0.15) is 32.2 Å². The van der Waals surface area contributed by atoms with Crippen LogP contribution in [0, 0.1) is 5.92 Å².